The Balaban J connectivity index is 2.15. The van der Waals surface area contributed by atoms with E-state index in [-0.39, 0.29) is 18.0 Å². The van der Waals surface area contributed by atoms with E-state index in [0.717, 1.165) is 0 Å². The first kappa shape index (κ1) is 14.0. The molecule has 0 bridgehead atoms. The first-order chi connectivity index (χ1) is 9.61. The van der Waals surface area contributed by atoms with E-state index in [1.54, 1.807) is 17.7 Å². The van der Waals surface area contributed by atoms with Crippen LogP contribution in [0.15, 0.2) is 24.5 Å². The molecule has 2 N–H and O–H groups in total. The number of carbonyl (C=O) groups is 2. The molecule has 0 spiro atoms. The van der Waals surface area contributed by atoms with Crippen LogP contribution in [0.25, 0.3) is 11.0 Å². The van der Waals surface area contributed by atoms with Gasteiger partial charge in [-0.15, -0.1) is 0 Å². The number of rotatable bonds is 6. The van der Waals surface area contributed by atoms with Crippen LogP contribution in [0, 0.1) is 0 Å². The van der Waals surface area contributed by atoms with E-state index in [4.69, 9.17) is 9.84 Å². The zero-order chi connectivity index (χ0) is 14.5. The minimum atomic E-state index is -1.01. The first-order valence-electron chi connectivity index (χ1n) is 6.05. The van der Waals surface area contributed by atoms with Gasteiger partial charge in [-0.25, -0.2) is 9.78 Å². The van der Waals surface area contributed by atoms with Crippen molar-refractivity contribution in [2.24, 2.45) is 0 Å². The summed E-state index contributed by atoms with van der Waals surface area (Å²) in [7, 11) is 1.56. The fourth-order valence-electron chi connectivity index (χ4n) is 1.82. The van der Waals surface area contributed by atoms with Gasteiger partial charge in [0.05, 0.1) is 29.5 Å². The number of hydrogen-bond acceptors (Lipinski definition) is 4. The molecule has 0 radical (unpaired) electrons. The summed E-state index contributed by atoms with van der Waals surface area (Å²) in [4.78, 5) is 26.8. The molecule has 1 amide bonds. The zero-order valence-electron chi connectivity index (χ0n) is 11.0. The third-order valence-corrected chi connectivity index (χ3v) is 2.81. The van der Waals surface area contributed by atoms with Gasteiger partial charge in [0, 0.05) is 13.7 Å². The van der Waals surface area contributed by atoms with Gasteiger partial charge in [0.15, 0.2) is 0 Å². The Hall–Kier alpha value is -2.41. The number of nitrogens with one attached hydrogen (secondary N) is 1. The number of aromatic carboxylic acids is 1. The van der Waals surface area contributed by atoms with Crippen LogP contribution in [0.2, 0.25) is 0 Å². The third kappa shape index (κ3) is 3.12. The average Bonchev–Trinajstić information content (AvgIpc) is 2.81. The molecule has 2 aromatic rings. The maximum Gasteiger partial charge on any atom is 0.335 e. The average molecular weight is 277 g/mol. The minimum Gasteiger partial charge on any atom is -0.478 e. The predicted molar refractivity (Wildman–Crippen MR) is 71.6 cm³/mol. The molecule has 0 saturated heterocycles. The van der Waals surface area contributed by atoms with E-state index < -0.39 is 5.97 Å². The Kier molecular flexibility index (Phi) is 4.31. The van der Waals surface area contributed by atoms with Gasteiger partial charge >= 0.3 is 5.97 Å². The summed E-state index contributed by atoms with van der Waals surface area (Å²) in [5.74, 6) is -1.19. The van der Waals surface area contributed by atoms with Gasteiger partial charge in [0.25, 0.3) is 0 Å². The molecule has 0 atom stereocenters. The second-order valence-corrected chi connectivity index (χ2v) is 4.22. The molecule has 2 rings (SSSR count). The molecule has 1 aromatic carbocycles. The number of aromatic nitrogens is 2. The SMILES string of the molecule is COCCNC(=O)Cn1cnc2ccc(C(=O)O)cc21. The summed E-state index contributed by atoms with van der Waals surface area (Å²) in [6.45, 7) is 0.963. The molecule has 7 heteroatoms. The van der Waals surface area contributed by atoms with Crippen molar-refractivity contribution in [2.45, 2.75) is 6.54 Å². The number of carboxylic acid groups (broad SMARTS) is 1. The highest BCUT2D eigenvalue weighted by Gasteiger charge is 2.10. The number of ether oxygens (including phenoxy) is 1. The van der Waals surface area contributed by atoms with Crippen LogP contribution < -0.4 is 5.32 Å². The number of hydrogen-bond donors (Lipinski definition) is 2. The van der Waals surface area contributed by atoms with Crippen LogP contribution in [0.5, 0.6) is 0 Å². The molecule has 20 heavy (non-hydrogen) atoms. The second-order valence-electron chi connectivity index (χ2n) is 4.22. The van der Waals surface area contributed by atoms with Crippen molar-refractivity contribution in [3.8, 4) is 0 Å². The largest absolute Gasteiger partial charge is 0.478 e. The lowest BCUT2D eigenvalue weighted by molar-refractivity contribution is -0.121. The first-order valence-corrected chi connectivity index (χ1v) is 6.05. The number of benzene rings is 1. The molecule has 0 aliphatic carbocycles. The molecule has 0 aliphatic rings. The number of carboxylic acids is 1. The summed E-state index contributed by atoms with van der Waals surface area (Å²) >= 11 is 0. The predicted octanol–water partition coefficient (Wildman–Crippen LogP) is 0.497. The molecule has 0 fully saturated rings. The van der Waals surface area contributed by atoms with Crippen molar-refractivity contribution in [2.75, 3.05) is 20.3 Å². The topological polar surface area (TPSA) is 93.5 Å². The van der Waals surface area contributed by atoms with Crippen molar-refractivity contribution in [1.82, 2.24) is 14.9 Å². The molecule has 106 valence electrons. The molecule has 0 unspecified atom stereocenters. The quantitative estimate of drug-likeness (QED) is 0.750. The van der Waals surface area contributed by atoms with Crippen LogP contribution >= 0.6 is 0 Å². The maximum atomic E-state index is 11.7. The Morgan fingerprint density at radius 1 is 1.45 bits per heavy atom. The van der Waals surface area contributed by atoms with E-state index in [2.05, 4.69) is 10.3 Å². The van der Waals surface area contributed by atoms with Crippen LogP contribution in [0.4, 0.5) is 0 Å². The molecular formula is C13H15N3O4. The van der Waals surface area contributed by atoms with Gasteiger partial charge in [-0.05, 0) is 18.2 Å². The smallest absolute Gasteiger partial charge is 0.335 e. The zero-order valence-corrected chi connectivity index (χ0v) is 11.0. The summed E-state index contributed by atoms with van der Waals surface area (Å²) in [5, 5.41) is 11.7. The van der Waals surface area contributed by atoms with E-state index in [0.29, 0.717) is 24.2 Å². The van der Waals surface area contributed by atoms with Crippen molar-refractivity contribution >= 4 is 22.9 Å². The van der Waals surface area contributed by atoms with Crippen LogP contribution in [-0.2, 0) is 16.1 Å². The minimum absolute atomic E-state index is 0.0866. The van der Waals surface area contributed by atoms with Gasteiger partial charge in [0.2, 0.25) is 5.91 Å². The van der Waals surface area contributed by atoms with Gasteiger partial charge in [-0.2, -0.15) is 0 Å². The van der Waals surface area contributed by atoms with E-state index >= 15 is 0 Å². The van der Waals surface area contributed by atoms with Gasteiger partial charge < -0.3 is 19.7 Å². The highest BCUT2D eigenvalue weighted by Crippen LogP contribution is 2.15. The van der Waals surface area contributed by atoms with E-state index in [1.165, 1.54) is 18.5 Å². The van der Waals surface area contributed by atoms with Crippen molar-refractivity contribution < 1.29 is 19.4 Å². The van der Waals surface area contributed by atoms with Crippen molar-refractivity contribution in [3.63, 3.8) is 0 Å². The molecule has 1 heterocycles. The van der Waals surface area contributed by atoms with Crippen LogP contribution in [-0.4, -0.2) is 46.8 Å². The maximum absolute atomic E-state index is 11.7. The number of nitrogens with zero attached hydrogens (tertiary/aromatic N) is 2. The number of amides is 1. The van der Waals surface area contributed by atoms with Crippen molar-refractivity contribution in [1.29, 1.82) is 0 Å². The van der Waals surface area contributed by atoms with Gasteiger partial charge in [-0.1, -0.05) is 0 Å². The monoisotopic (exact) mass is 277 g/mol. The normalized spacial score (nSPS) is 10.7. The Labute approximate surface area is 115 Å². The highest BCUT2D eigenvalue weighted by molar-refractivity contribution is 5.92. The molecule has 0 saturated carbocycles. The third-order valence-electron chi connectivity index (χ3n) is 2.81. The standard InChI is InChI=1S/C13H15N3O4/c1-20-5-4-14-12(17)7-16-8-15-10-3-2-9(13(18)19)6-11(10)16/h2-3,6,8H,4-5,7H2,1H3,(H,14,17)(H,18,19). The van der Waals surface area contributed by atoms with Crippen LogP contribution in [0.3, 0.4) is 0 Å². The lowest BCUT2D eigenvalue weighted by Gasteiger charge is -2.06. The van der Waals surface area contributed by atoms with Crippen LogP contribution in [0.1, 0.15) is 10.4 Å². The number of imidazole rings is 1. The molecule has 7 nitrogen and oxygen atoms in total. The lowest BCUT2D eigenvalue weighted by Crippen LogP contribution is -2.30. The Bertz CT molecular complexity index is 636. The number of carbonyl (C=O) groups excluding carboxylic acids is 1. The molecule has 0 aliphatic heterocycles. The van der Waals surface area contributed by atoms with Gasteiger partial charge in [0.1, 0.15) is 6.54 Å². The lowest BCUT2D eigenvalue weighted by atomic mass is 10.2. The van der Waals surface area contributed by atoms with E-state index in [9.17, 15) is 9.59 Å². The Morgan fingerprint density at radius 2 is 2.25 bits per heavy atom. The van der Waals surface area contributed by atoms with Crippen molar-refractivity contribution in [3.05, 3.63) is 30.1 Å². The summed E-state index contributed by atoms with van der Waals surface area (Å²) in [6.07, 6.45) is 1.52. The summed E-state index contributed by atoms with van der Waals surface area (Å²) in [5.41, 5.74) is 1.44. The summed E-state index contributed by atoms with van der Waals surface area (Å²) in [6, 6.07) is 4.62. The molecular weight excluding hydrogens is 262 g/mol. The molecule has 1 aromatic heterocycles. The number of methoxy groups -OCH3 is 1. The van der Waals surface area contributed by atoms with E-state index in [1.807, 2.05) is 0 Å². The second kappa shape index (κ2) is 6.16. The fraction of sp³-hybridized carbons (Fsp3) is 0.308. The number of fused-ring (bicyclic) bond motifs is 1. The fourth-order valence-corrected chi connectivity index (χ4v) is 1.82. The van der Waals surface area contributed by atoms with Gasteiger partial charge in [-0.3, -0.25) is 4.79 Å². The Morgan fingerprint density at radius 3 is 2.95 bits per heavy atom. The highest BCUT2D eigenvalue weighted by atomic mass is 16.5. The summed E-state index contributed by atoms with van der Waals surface area (Å²) < 4.78 is 6.46.